The highest BCUT2D eigenvalue weighted by Crippen LogP contribution is 2.33. The normalized spacial score (nSPS) is 17.8. The molecule has 0 aliphatic heterocycles. The molecule has 0 aromatic heterocycles. The van der Waals surface area contributed by atoms with Crippen molar-refractivity contribution in [1.29, 1.82) is 0 Å². The summed E-state index contributed by atoms with van der Waals surface area (Å²) in [4.78, 5) is 12.2. The van der Waals surface area contributed by atoms with Crippen molar-refractivity contribution in [1.82, 2.24) is 0 Å². The van der Waals surface area contributed by atoms with Gasteiger partial charge in [-0.25, -0.2) is 9.18 Å². The van der Waals surface area contributed by atoms with Gasteiger partial charge in [0.25, 0.3) is 0 Å². The van der Waals surface area contributed by atoms with Gasteiger partial charge in [0.15, 0.2) is 0 Å². The van der Waals surface area contributed by atoms with E-state index in [1.807, 2.05) is 0 Å². The maximum Gasteiger partial charge on any atom is 0.331 e. The molecule has 0 atom stereocenters. The fourth-order valence-electron chi connectivity index (χ4n) is 2.65. The van der Waals surface area contributed by atoms with Crippen LogP contribution in [0.5, 0.6) is 0 Å². The maximum atomic E-state index is 13.2. The highest BCUT2D eigenvalue weighted by Gasteiger charge is 2.40. The molecule has 1 fully saturated rings. The molecule has 19 heavy (non-hydrogen) atoms. The van der Waals surface area contributed by atoms with Gasteiger partial charge >= 0.3 is 5.97 Å². The van der Waals surface area contributed by atoms with Gasteiger partial charge in [0.2, 0.25) is 0 Å². The minimum absolute atomic E-state index is 0.223. The Balaban J connectivity index is 2.20. The standard InChI is InChI=1S/C15H20FNO2/c1-2-19-14(18)15(9-4-3-5-10-15)17-13-8-6-7-12(16)11-13/h6-8,11,17H,2-5,9-10H2,1H3. The lowest BCUT2D eigenvalue weighted by atomic mass is 9.81. The Kier molecular flexibility index (Phi) is 4.40. The van der Waals surface area contributed by atoms with Gasteiger partial charge in [-0.15, -0.1) is 0 Å². The van der Waals surface area contributed by atoms with Crippen LogP contribution in [0.1, 0.15) is 39.0 Å². The Morgan fingerprint density at radius 3 is 2.74 bits per heavy atom. The van der Waals surface area contributed by atoms with Gasteiger partial charge in [0.05, 0.1) is 6.61 Å². The van der Waals surface area contributed by atoms with Crippen molar-refractivity contribution in [3.8, 4) is 0 Å². The van der Waals surface area contributed by atoms with Crippen LogP contribution in [-0.2, 0) is 9.53 Å². The molecule has 4 heteroatoms. The second kappa shape index (κ2) is 6.04. The van der Waals surface area contributed by atoms with Gasteiger partial charge in [-0.05, 0) is 38.0 Å². The molecule has 3 nitrogen and oxygen atoms in total. The van der Waals surface area contributed by atoms with Crippen molar-refractivity contribution in [2.75, 3.05) is 11.9 Å². The summed E-state index contributed by atoms with van der Waals surface area (Å²) < 4.78 is 18.4. The summed E-state index contributed by atoms with van der Waals surface area (Å²) in [6.45, 7) is 2.17. The number of benzene rings is 1. The van der Waals surface area contributed by atoms with E-state index in [1.54, 1.807) is 19.1 Å². The molecule has 104 valence electrons. The zero-order valence-electron chi connectivity index (χ0n) is 11.2. The van der Waals surface area contributed by atoms with Gasteiger partial charge in [-0.1, -0.05) is 25.3 Å². The molecular weight excluding hydrogens is 245 g/mol. The number of carbonyl (C=O) groups is 1. The maximum absolute atomic E-state index is 13.2. The SMILES string of the molecule is CCOC(=O)C1(Nc2cccc(F)c2)CCCCC1. The van der Waals surface area contributed by atoms with Crippen LogP contribution in [0.15, 0.2) is 24.3 Å². The van der Waals surface area contributed by atoms with Crippen LogP contribution in [0.3, 0.4) is 0 Å². The number of nitrogens with one attached hydrogen (secondary N) is 1. The highest BCUT2D eigenvalue weighted by molar-refractivity contribution is 5.84. The molecule has 0 unspecified atom stereocenters. The van der Waals surface area contributed by atoms with Crippen LogP contribution in [0.4, 0.5) is 10.1 Å². The Labute approximate surface area is 113 Å². The monoisotopic (exact) mass is 265 g/mol. The van der Waals surface area contributed by atoms with Crippen LogP contribution in [0.2, 0.25) is 0 Å². The van der Waals surface area contributed by atoms with Crippen molar-refractivity contribution in [3.63, 3.8) is 0 Å². The van der Waals surface area contributed by atoms with Crippen LogP contribution >= 0.6 is 0 Å². The first-order valence-electron chi connectivity index (χ1n) is 6.87. The molecule has 0 saturated heterocycles. The first kappa shape index (κ1) is 13.8. The van der Waals surface area contributed by atoms with Crippen molar-refractivity contribution in [2.24, 2.45) is 0 Å². The number of rotatable bonds is 4. The second-order valence-electron chi connectivity index (χ2n) is 5.00. The topological polar surface area (TPSA) is 38.3 Å². The van der Waals surface area contributed by atoms with E-state index in [-0.39, 0.29) is 11.8 Å². The molecule has 2 rings (SSSR count). The minimum atomic E-state index is -0.692. The first-order chi connectivity index (χ1) is 9.16. The van der Waals surface area contributed by atoms with Gasteiger partial charge in [0, 0.05) is 5.69 Å². The number of carbonyl (C=O) groups excluding carboxylic acids is 1. The molecular formula is C15H20FNO2. The van der Waals surface area contributed by atoms with Gasteiger partial charge in [-0.2, -0.15) is 0 Å². The van der Waals surface area contributed by atoms with Gasteiger partial charge in [0.1, 0.15) is 11.4 Å². The lowest BCUT2D eigenvalue weighted by Crippen LogP contribution is -2.49. The molecule has 1 aromatic carbocycles. The smallest absolute Gasteiger partial charge is 0.331 e. The molecule has 1 saturated carbocycles. The summed E-state index contributed by atoms with van der Waals surface area (Å²) >= 11 is 0. The number of hydrogen-bond acceptors (Lipinski definition) is 3. The number of esters is 1. The zero-order chi connectivity index (χ0) is 13.7. The van der Waals surface area contributed by atoms with E-state index in [0.717, 1.165) is 32.1 Å². The second-order valence-corrected chi connectivity index (χ2v) is 5.00. The summed E-state index contributed by atoms with van der Waals surface area (Å²) in [5.41, 5.74) is -0.0582. The molecule has 1 aliphatic rings. The highest BCUT2D eigenvalue weighted by atomic mass is 19.1. The number of anilines is 1. The number of halogens is 1. The van der Waals surface area contributed by atoms with Crippen LogP contribution in [0.25, 0.3) is 0 Å². The lowest BCUT2D eigenvalue weighted by Gasteiger charge is -2.36. The molecule has 1 aromatic rings. The third-order valence-corrected chi connectivity index (χ3v) is 3.58. The summed E-state index contributed by atoms with van der Waals surface area (Å²) in [6, 6.07) is 6.22. The summed E-state index contributed by atoms with van der Waals surface area (Å²) in [6.07, 6.45) is 4.58. The Morgan fingerprint density at radius 1 is 1.37 bits per heavy atom. The predicted octanol–water partition coefficient (Wildman–Crippen LogP) is 3.50. The molecule has 0 spiro atoms. The van der Waals surface area contributed by atoms with E-state index in [1.165, 1.54) is 12.1 Å². The van der Waals surface area contributed by atoms with E-state index in [4.69, 9.17) is 4.74 Å². The Morgan fingerprint density at radius 2 is 2.11 bits per heavy atom. The summed E-state index contributed by atoms with van der Waals surface area (Å²) in [5.74, 6) is -0.529. The van der Waals surface area contributed by atoms with Crippen LogP contribution in [-0.4, -0.2) is 18.1 Å². The van der Waals surface area contributed by atoms with Crippen LogP contribution < -0.4 is 5.32 Å². The summed E-state index contributed by atoms with van der Waals surface area (Å²) in [7, 11) is 0. The molecule has 1 N–H and O–H groups in total. The van der Waals surface area contributed by atoms with E-state index >= 15 is 0 Å². The van der Waals surface area contributed by atoms with Crippen molar-refractivity contribution < 1.29 is 13.9 Å². The minimum Gasteiger partial charge on any atom is -0.464 e. The quantitative estimate of drug-likeness (QED) is 0.847. The molecule has 1 aliphatic carbocycles. The molecule has 0 amide bonds. The fraction of sp³-hybridized carbons (Fsp3) is 0.533. The Hall–Kier alpha value is -1.58. The van der Waals surface area contributed by atoms with Crippen molar-refractivity contribution in [2.45, 2.75) is 44.6 Å². The number of hydrogen-bond donors (Lipinski definition) is 1. The van der Waals surface area contributed by atoms with Crippen molar-refractivity contribution in [3.05, 3.63) is 30.1 Å². The third kappa shape index (κ3) is 3.25. The zero-order valence-corrected chi connectivity index (χ0v) is 11.2. The van der Waals surface area contributed by atoms with E-state index < -0.39 is 5.54 Å². The largest absolute Gasteiger partial charge is 0.464 e. The van der Waals surface area contributed by atoms with Gasteiger partial charge in [-0.3, -0.25) is 0 Å². The first-order valence-corrected chi connectivity index (χ1v) is 6.87. The third-order valence-electron chi connectivity index (χ3n) is 3.58. The molecule has 0 bridgehead atoms. The van der Waals surface area contributed by atoms with Gasteiger partial charge < -0.3 is 10.1 Å². The Bertz CT molecular complexity index is 442. The fourth-order valence-corrected chi connectivity index (χ4v) is 2.65. The van der Waals surface area contributed by atoms with Crippen molar-refractivity contribution >= 4 is 11.7 Å². The number of ether oxygens (including phenoxy) is 1. The lowest BCUT2D eigenvalue weighted by molar-refractivity contribution is -0.149. The predicted molar refractivity (Wildman–Crippen MR) is 72.5 cm³/mol. The van der Waals surface area contributed by atoms with E-state index in [2.05, 4.69) is 5.32 Å². The van der Waals surface area contributed by atoms with E-state index in [0.29, 0.717) is 12.3 Å². The van der Waals surface area contributed by atoms with Crippen LogP contribution in [0, 0.1) is 5.82 Å². The average molecular weight is 265 g/mol. The molecule has 0 radical (unpaired) electrons. The summed E-state index contributed by atoms with van der Waals surface area (Å²) in [5, 5.41) is 3.21. The average Bonchev–Trinajstić information content (AvgIpc) is 2.40. The van der Waals surface area contributed by atoms with E-state index in [9.17, 15) is 9.18 Å². The molecule has 0 heterocycles.